The van der Waals surface area contributed by atoms with E-state index in [1.165, 1.54) is 118 Å². The van der Waals surface area contributed by atoms with E-state index in [2.05, 4.69) is 21.2 Å². The summed E-state index contributed by atoms with van der Waals surface area (Å²) in [6, 6.07) is 0. The fourth-order valence-corrected chi connectivity index (χ4v) is 11.4. The lowest BCUT2D eigenvalue weighted by Crippen LogP contribution is -1.84. The second kappa shape index (κ2) is 16.9. The van der Waals surface area contributed by atoms with Gasteiger partial charge in [0.05, 0.1) is 0 Å². The van der Waals surface area contributed by atoms with Gasteiger partial charge in [0.2, 0.25) is 0 Å². The minimum atomic E-state index is 1.17. The highest BCUT2D eigenvalue weighted by atomic mass is 33.4. The summed E-state index contributed by atoms with van der Waals surface area (Å²) < 4.78 is 0. The van der Waals surface area contributed by atoms with E-state index in [1.54, 1.807) is 0 Å². The zero-order chi connectivity index (χ0) is 14.1. The van der Waals surface area contributed by atoms with Gasteiger partial charge in [-0.3, -0.25) is 0 Å². The first kappa shape index (κ1) is 19.6. The van der Waals surface area contributed by atoms with Crippen LogP contribution < -0.4 is 0 Å². The predicted octanol–water partition coefficient (Wildman–Crippen LogP) is 8.03. The third-order valence-corrected chi connectivity index (χ3v) is 13.0. The molecular formula is C16H34P2S2. The smallest absolute Gasteiger partial charge is 0.00401 e. The van der Waals surface area contributed by atoms with Crippen LogP contribution in [0.5, 0.6) is 0 Å². The molecule has 1 aliphatic rings. The van der Waals surface area contributed by atoms with Crippen molar-refractivity contribution in [3.05, 3.63) is 0 Å². The van der Waals surface area contributed by atoms with Crippen molar-refractivity contribution in [2.24, 2.45) is 0 Å². The highest BCUT2D eigenvalue weighted by Crippen LogP contribution is 2.54. The van der Waals surface area contributed by atoms with Crippen LogP contribution >= 0.6 is 36.9 Å². The highest BCUT2D eigenvalue weighted by Gasteiger charge is 1.97. The molecule has 0 nitrogen and oxygen atoms in total. The van der Waals surface area contributed by atoms with Crippen molar-refractivity contribution < 1.29 is 0 Å². The summed E-state index contributed by atoms with van der Waals surface area (Å²) in [7, 11) is 6.71. The molecule has 2 atom stereocenters. The second-order valence-electron chi connectivity index (χ2n) is 5.88. The maximum Gasteiger partial charge on any atom is 0.00401 e. The van der Waals surface area contributed by atoms with E-state index < -0.39 is 0 Å². The van der Waals surface area contributed by atoms with Gasteiger partial charge in [0.1, 0.15) is 0 Å². The Labute approximate surface area is 138 Å². The lowest BCUT2D eigenvalue weighted by molar-refractivity contribution is 0.539. The lowest BCUT2D eigenvalue weighted by Gasteiger charge is -2.05. The first-order valence-corrected chi connectivity index (χ1v) is 15.0. The monoisotopic (exact) mass is 352 g/mol. The van der Waals surface area contributed by atoms with Gasteiger partial charge < -0.3 is 0 Å². The van der Waals surface area contributed by atoms with Crippen molar-refractivity contribution in [2.75, 3.05) is 11.9 Å². The minimum absolute atomic E-state index is 1.17. The Morgan fingerprint density at radius 1 is 0.500 bits per heavy atom. The Bertz CT molecular complexity index is 105. The Kier molecular flexibility index (Phi) is 16.6. The van der Waals surface area contributed by atoms with Crippen molar-refractivity contribution in [3.63, 3.8) is 0 Å². The standard InChI is InChI=1S/C16H34P2S2/c1-2-4-6-8-10-12-14-16-19-20-18-17-15-13-11-9-7-5-3-1/h17-18H,1-16H2. The highest BCUT2D eigenvalue weighted by molar-refractivity contribution is 9.02. The van der Waals surface area contributed by atoms with Crippen LogP contribution in [0.3, 0.4) is 0 Å². The average molecular weight is 353 g/mol. The van der Waals surface area contributed by atoms with Crippen LogP contribution in [0.1, 0.15) is 89.9 Å². The zero-order valence-corrected chi connectivity index (χ0v) is 16.8. The van der Waals surface area contributed by atoms with Crippen molar-refractivity contribution in [1.29, 1.82) is 0 Å². The van der Waals surface area contributed by atoms with Gasteiger partial charge in [-0.05, 0) is 26.5 Å². The fourth-order valence-electron chi connectivity index (χ4n) is 2.65. The first-order chi connectivity index (χ1) is 10.0. The van der Waals surface area contributed by atoms with Crippen LogP contribution in [0.4, 0.5) is 0 Å². The molecule has 0 aromatic rings. The molecular weight excluding hydrogens is 318 g/mol. The SMILES string of the molecule is C1CCCCCCCCSSPPCCCCCCC1. The van der Waals surface area contributed by atoms with E-state index >= 15 is 0 Å². The summed E-state index contributed by atoms with van der Waals surface area (Å²) in [6.45, 7) is 0. The maximum atomic E-state index is 2.16. The number of hydrogen-bond acceptors (Lipinski definition) is 2. The second-order valence-corrected chi connectivity index (χ2v) is 14.0. The Morgan fingerprint density at radius 3 is 1.50 bits per heavy atom. The van der Waals surface area contributed by atoms with Crippen LogP contribution in [0.2, 0.25) is 0 Å². The summed E-state index contributed by atoms with van der Waals surface area (Å²) >= 11 is 0. The van der Waals surface area contributed by atoms with Gasteiger partial charge in [0, 0.05) is 5.75 Å². The van der Waals surface area contributed by atoms with E-state index in [0.717, 1.165) is 0 Å². The molecule has 120 valence electrons. The normalized spacial score (nSPS) is 26.4. The summed E-state index contributed by atoms with van der Waals surface area (Å²) in [5.74, 6) is 1.39. The van der Waals surface area contributed by atoms with E-state index in [0.29, 0.717) is 0 Å². The average Bonchev–Trinajstić information content (AvgIpc) is 2.46. The molecule has 1 heterocycles. The molecule has 4 heteroatoms. The third-order valence-electron chi connectivity index (χ3n) is 3.95. The molecule has 1 fully saturated rings. The van der Waals surface area contributed by atoms with E-state index in [4.69, 9.17) is 0 Å². The van der Waals surface area contributed by atoms with Crippen LogP contribution in [0.25, 0.3) is 0 Å². The van der Waals surface area contributed by atoms with Gasteiger partial charge in [-0.15, -0.1) is 0 Å². The van der Waals surface area contributed by atoms with Crippen LogP contribution in [0.15, 0.2) is 0 Å². The third kappa shape index (κ3) is 14.5. The summed E-state index contributed by atoms with van der Waals surface area (Å²) in [5, 5.41) is 0. The van der Waals surface area contributed by atoms with Gasteiger partial charge in [0.15, 0.2) is 0 Å². The Balaban J connectivity index is 2.00. The first-order valence-electron chi connectivity index (χ1n) is 8.76. The summed E-state index contributed by atoms with van der Waals surface area (Å²) in [6.07, 6.45) is 22.3. The van der Waals surface area contributed by atoms with Gasteiger partial charge in [0.25, 0.3) is 0 Å². The van der Waals surface area contributed by atoms with E-state index in [1.807, 2.05) is 0 Å². The Morgan fingerprint density at radius 2 is 0.950 bits per heavy atom. The molecule has 0 amide bonds. The Hall–Kier alpha value is 1.56. The van der Waals surface area contributed by atoms with Gasteiger partial charge in [-0.2, -0.15) is 0 Å². The molecule has 0 bridgehead atoms. The van der Waals surface area contributed by atoms with Gasteiger partial charge in [-0.1, -0.05) is 107 Å². The molecule has 0 radical (unpaired) electrons. The molecule has 1 saturated heterocycles. The molecule has 1 rings (SSSR count). The molecule has 1 aliphatic heterocycles. The summed E-state index contributed by atoms with van der Waals surface area (Å²) in [5.41, 5.74) is 0. The van der Waals surface area contributed by atoms with Crippen molar-refractivity contribution >= 4 is 36.9 Å². The molecule has 0 spiro atoms. The van der Waals surface area contributed by atoms with Crippen molar-refractivity contribution in [1.82, 2.24) is 0 Å². The summed E-state index contributed by atoms with van der Waals surface area (Å²) in [4.78, 5) is 0. The fraction of sp³-hybridized carbons (Fsp3) is 1.00. The zero-order valence-electron chi connectivity index (χ0n) is 13.1. The molecule has 0 aromatic carbocycles. The molecule has 0 aliphatic carbocycles. The predicted molar refractivity (Wildman–Crippen MR) is 106 cm³/mol. The van der Waals surface area contributed by atoms with E-state index in [9.17, 15) is 0 Å². The minimum Gasteiger partial charge on any atom is -0.0895 e. The van der Waals surface area contributed by atoms with Crippen LogP contribution in [0, 0.1) is 0 Å². The molecule has 0 saturated carbocycles. The maximum absolute atomic E-state index is 2.16. The quantitative estimate of drug-likeness (QED) is 0.319. The lowest BCUT2D eigenvalue weighted by atomic mass is 10.0. The molecule has 2 unspecified atom stereocenters. The van der Waals surface area contributed by atoms with Crippen molar-refractivity contribution in [3.8, 4) is 0 Å². The van der Waals surface area contributed by atoms with Gasteiger partial charge >= 0.3 is 0 Å². The number of hydrogen-bond donors (Lipinski definition) is 0. The molecule has 0 N–H and O–H groups in total. The van der Waals surface area contributed by atoms with Crippen LogP contribution in [-0.2, 0) is 0 Å². The van der Waals surface area contributed by atoms with E-state index in [-0.39, 0.29) is 0 Å². The number of rotatable bonds is 0. The molecule has 0 aromatic heterocycles. The topological polar surface area (TPSA) is 0 Å². The van der Waals surface area contributed by atoms with Crippen LogP contribution in [-0.4, -0.2) is 11.9 Å². The van der Waals surface area contributed by atoms with Crippen molar-refractivity contribution in [2.45, 2.75) is 89.9 Å². The molecule has 20 heavy (non-hydrogen) atoms. The largest absolute Gasteiger partial charge is 0.0895 e. The van der Waals surface area contributed by atoms with Gasteiger partial charge in [-0.25, -0.2) is 0 Å².